The number of ether oxygens (including phenoxy) is 3. The molecule has 0 spiro atoms. The molecule has 0 aliphatic carbocycles. The molecule has 0 saturated carbocycles. The van der Waals surface area contributed by atoms with Gasteiger partial charge in [0.05, 0.1) is 35.8 Å². The van der Waals surface area contributed by atoms with E-state index in [0.29, 0.717) is 37.0 Å². The Morgan fingerprint density at radius 1 is 1.20 bits per heavy atom. The first kappa shape index (κ1) is 25.0. The van der Waals surface area contributed by atoms with Gasteiger partial charge in [0.2, 0.25) is 5.88 Å². The number of benzene rings is 2. The fourth-order valence-electron chi connectivity index (χ4n) is 4.38. The number of methoxy groups -OCH3 is 1. The van der Waals surface area contributed by atoms with Gasteiger partial charge in [-0.15, -0.1) is 6.58 Å². The monoisotopic (exact) mass is 477 g/mol. The summed E-state index contributed by atoms with van der Waals surface area (Å²) in [5.41, 5.74) is 1.66. The van der Waals surface area contributed by atoms with Crippen LogP contribution in [0, 0.1) is 6.92 Å². The lowest BCUT2D eigenvalue weighted by molar-refractivity contribution is 0.0239. The van der Waals surface area contributed by atoms with Crippen LogP contribution in [0.1, 0.15) is 31.0 Å². The minimum absolute atomic E-state index is 0.138. The zero-order valence-corrected chi connectivity index (χ0v) is 20.8. The largest absolute Gasteiger partial charge is 0.493 e. The lowest BCUT2D eigenvalue weighted by Gasteiger charge is -2.31. The van der Waals surface area contributed by atoms with Crippen molar-refractivity contribution in [3.8, 4) is 23.1 Å². The van der Waals surface area contributed by atoms with Gasteiger partial charge in [0.1, 0.15) is 0 Å². The van der Waals surface area contributed by atoms with E-state index in [0.717, 1.165) is 36.4 Å². The van der Waals surface area contributed by atoms with E-state index in [-0.39, 0.29) is 6.10 Å². The predicted molar refractivity (Wildman–Crippen MR) is 136 cm³/mol. The van der Waals surface area contributed by atoms with E-state index in [4.69, 9.17) is 19.3 Å². The van der Waals surface area contributed by atoms with E-state index in [9.17, 15) is 5.11 Å². The van der Waals surface area contributed by atoms with Crippen molar-refractivity contribution in [2.75, 3.05) is 26.8 Å². The van der Waals surface area contributed by atoms with Crippen molar-refractivity contribution in [2.24, 2.45) is 0 Å². The quantitative estimate of drug-likeness (QED) is 0.396. The molecule has 2 heterocycles. The number of aliphatic hydroxyl groups is 1. The smallest absolute Gasteiger partial charge is 0.227 e. The SMILES string of the molecule is C=C[C@@](C)(O)CN(Cc1c(C)nn(-c2ccccc2)c1Oc1ccccc1OC)C[C@H]1CCCO1. The number of hydrogen-bond acceptors (Lipinski definition) is 6. The van der Waals surface area contributed by atoms with Crippen molar-refractivity contribution >= 4 is 0 Å². The third-order valence-corrected chi connectivity index (χ3v) is 6.26. The summed E-state index contributed by atoms with van der Waals surface area (Å²) in [5, 5.41) is 15.6. The van der Waals surface area contributed by atoms with E-state index < -0.39 is 5.60 Å². The number of hydrogen-bond donors (Lipinski definition) is 1. The van der Waals surface area contributed by atoms with Gasteiger partial charge in [0.15, 0.2) is 11.5 Å². The van der Waals surface area contributed by atoms with Crippen LogP contribution < -0.4 is 9.47 Å². The van der Waals surface area contributed by atoms with Gasteiger partial charge in [-0.2, -0.15) is 5.10 Å². The van der Waals surface area contributed by atoms with Gasteiger partial charge >= 0.3 is 0 Å². The van der Waals surface area contributed by atoms with Gasteiger partial charge in [0.25, 0.3) is 0 Å². The molecular formula is C28H35N3O4. The van der Waals surface area contributed by atoms with Gasteiger partial charge in [0, 0.05) is 26.2 Å². The maximum atomic E-state index is 10.8. The Hall–Kier alpha value is -3.13. The zero-order chi connectivity index (χ0) is 24.8. The second kappa shape index (κ2) is 11.1. The molecule has 3 aromatic rings. The number of rotatable bonds is 11. The maximum Gasteiger partial charge on any atom is 0.227 e. The summed E-state index contributed by atoms with van der Waals surface area (Å²) in [5.74, 6) is 1.87. The van der Waals surface area contributed by atoms with Crippen LogP contribution >= 0.6 is 0 Å². The fourth-order valence-corrected chi connectivity index (χ4v) is 4.38. The average molecular weight is 478 g/mol. The van der Waals surface area contributed by atoms with Crippen LogP contribution in [0.5, 0.6) is 17.4 Å². The van der Waals surface area contributed by atoms with Gasteiger partial charge in [-0.1, -0.05) is 36.4 Å². The number of aromatic nitrogens is 2. The maximum absolute atomic E-state index is 10.8. The molecule has 1 fully saturated rings. The van der Waals surface area contributed by atoms with Crippen LogP contribution in [0.15, 0.2) is 67.3 Å². The van der Waals surface area contributed by atoms with Crippen LogP contribution in [0.2, 0.25) is 0 Å². The summed E-state index contributed by atoms with van der Waals surface area (Å²) < 4.78 is 19.8. The molecule has 1 aromatic heterocycles. The van der Waals surface area contributed by atoms with Crippen molar-refractivity contribution in [3.05, 3.63) is 78.5 Å². The molecular weight excluding hydrogens is 442 g/mol. The number of aryl methyl sites for hydroxylation is 1. The topological polar surface area (TPSA) is 69.0 Å². The molecule has 1 aliphatic rings. The van der Waals surface area contributed by atoms with Gasteiger partial charge < -0.3 is 19.3 Å². The van der Waals surface area contributed by atoms with Crippen LogP contribution in [-0.2, 0) is 11.3 Å². The summed E-state index contributed by atoms with van der Waals surface area (Å²) in [6.45, 7) is 10.0. The van der Waals surface area contributed by atoms with Gasteiger partial charge in [-0.05, 0) is 51.0 Å². The molecule has 0 radical (unpaired) electrons. The highest BCUT2D eigenvalue weighted by atomic mass is 16.5. The summed E-state index contributed by atoms with van der Waals surface area (Å²) >= 11 is 0. The molecule has 186 valence electrons. The van der Waals surface area contributed by atoms with Crippen LogP contribution in [0.25, 0.3) is 5.69 Å². The van der Waals surface area contributed by atoms with Crippen molar-refractivity contribution in [3.63, 3.8) is 0 Å². The first-order valence-corrected chi connectivity index (χ1v) is 12.0. The minimum Gasteiger partial charge on any atom is -0.493 e. The summed E-state index contributed by atoms with van der Waals surface area (Å²) in [4.78, 5) is 2.20. The van der Waals surface area contributed by atoms with E-state index in [1.165, 1.54) is 0 Å². The van der Waals surface area contributed by atoms with Crippen LogP contribution in [0.3, 0.4) is 0 Å². The summed E-state index contributed by atoms with van der Waals surface area (Å²) in [6, 6.07) is 17.5. The average Bonchev–Trinajstić information content (AvgIpc) is 3.48. The Bertz CT molecular complexity index is 1120. The highest BCUT2D eigenvalue weighted by Gasteiger charge is 2.28. The molecule has 0 unspecified atom stereocenters. The molecule has 2 aromatic carbocycles. The van der Waals surface area contributed by atoms with E-state index in [2.05, 4.69) is 11.5 Å². The predicted octanol–water partition coefficient (Wildman–Crippen LogP) is 4.90. The zero-order valence-electron chi connectivity index (χ0n) is 20.8. The summed E-state index contributed by atoms with van der Waals surface area (Å²) in [6.07, 6.45) is 3.80. The standard InChI is InChI=1S/C28H35N3O4/c1-5-28(3,32)20-30(18-23-14-11-17-34-23)19-24-21(2)29-31(22-12-7-6-8-13-22)27(24)35-26-16-10-9-15-25(26)33-4/h5-10,12-13,15-16,23,32H,1,11,14,17-20H2,2-4H3/t23-,28-/m1/s1. The Labute approximate surface area is 207 Å². The lowest BCUT2D eigenvalue weighted by atomic mass is 10.1. The van der Waals surface area contributed by atoms with Crippen molar-refractivity contribution in [1.29, 1.82) is 0 Å². The van der Waals surface area contributed by atoms with Crippen molar-refractivity contribution in [2.45, 2.75) is 44.9 Å². The molecule has 1 saturated heterocycles. The van der Waals surface area contributed by atoms with E-state index in [1.807, 2.05) is 66.2 Å². The fraction of sp³-hybridized carbons (Fsp3) is 0.393. The second-order valence-electron chi connectivity index (χ2n) is 9.24. The molecule has 0 bridgehead atoms. The molecule has 35 heavy (non-hydrogen) atoms. The Morgan fingerprint density at radius 2 is 1.91 bits per heavy atom. The normalized spacial score (nSPS) is 17.3. The highest BCUT2D eigenvalue weighted by Crippen LogP contribution is 2.36. The lowest BCUT2D eigenvalue weighted by Crippen LogP contribution is -2.42. The van der Waals surface area contributed by atoms with Gasteiger partial charge in [-0.25, -0.2) is 4.68 Å². The summed E-state index contributed by atoms with van der Waals surface area (Å²) in [7, 11) is 1.63. The second-order valence-corrected chi connectivity index (χ2v) is 9.24. The van der Waals surface area contributed by atoms with E-state index >= 15 is 0 Å². The van der Waals surface area contributed by atoms with Crippen LogP contribution in [0.4, 0.5) is 0 Å². The van der Waals surface area contributed by atoms with Crippen molar-refractivity contribution < 1.29 is 19.3 Å². The Balaban J connectivity index is 1.74. The molecule has 2 atom stereocenters. The Kier molecular flexibility index (Phi) is 7.90. The molecule has 7 nitrogen and oxygen atoms in total. The molecule has 0 amide bonds. The molecule has 4 rings (SSSR count). The molecule has 1 N–H and O–H groups in total. The molecule has 7 heteroatoms. The number of nitrogens with zero attached hydrogens (tertiary/aromatic N) is 3. The number of para-hydroxylation sites is 3. The van der Waals surface area contributed by atoms with E-state index in [1.54, 1.807) is 20.1 Å². The van der Waals surface area contributed by atoms with Crippen molar-refractivity contribution in [1.82, 2.24) is 14.7 Å². The third kappa shape index (κ3) is 6.11. The first-order valence-electron chi connectivity index (χ1n) is 12.0. The van der Waals surface area contributed by atoms with Crippen LogP contribution in [-0.4, -0.2) is 58.3 Å². The highest BCUT2D eigenvalue weighted by molar-refractivity contribution is 5.47. The minimum atomic E-state index is -1.04. The third-order valence-electron chi connectivity index (χ3n) is 6.26. The first-order chi connectivity index (χ1) is 16.9. The Morgan fingerprint density at radius 3 is 2.57 bits per heavy atom. The molecule has 1 aliphatic heterocycles. The van der Waals surface area contributed by atoms with Gasteiger partial charge in [-0.3, -0.25) is 4.90 Å².